The number of rotatable bonds is 2. The Kier molecular flexibility index (Phi) is 4.68. The minimum atomic E-state index is -4.50. The number of hydrogen-bond donors (Lipinski definition) is 0. The number of aryl methyl sites for hydroxylation is 2. The van der Waals surface area contributed by atoms with Crippen LogP contribution in [0.25, 0.3) is 0 Å². The molecule has 0 spiro atoms. The number of halogens is 3. The van der Waals surface area contributed by atoms with Crippen molar-refractivity contribution in [3.05, 3.63) is 29.6 Å². The molecule has 1 saturated heterocycles. The van der Waals surface area contributed by atoms with E-state index in [1.165, 1.54) is 0 Å². The molecule has 150 valence electrons. The lowest BCUT2D eigenvalue weighted by Gasteiger charge is -2.37. The molecule has 28 heavy (non-hydrogen) atoms. The van der Waals surface area contributed by atoms with Crippen LogP contribution in [0.15, 0.2) is 12.3 Å². The van der Waals surface area contributed by atoms with Crippen molar-refractivity contribution in [1.82, 2.24) is 29.6 Å². The number of piperazine rings is 1. The van der Waals surface area contributed by atoms with Crippen molar-refractivity contribution in [2.45, 2.75) is 32.5 Å². The van der Waals surface area contributed by atoms with Gasteiger partial charge in [0.2, 0.25) is 11.9 Å². The summed E-state index contributed by atoms with van der Waals surface area (Å²) in [6, 6.07) is 0.855. The van der Waals surface area contributed by atoms with Gasteiger partial charge in [-0.05, 0) is 19.4 Å². The predicted octanol–water partition coefficient (Wildman–Crippen LogP) is 1.31. The van der Waals surface area contributed by atoms with Gasteiger partial charge >= 0.3 is 6.18 Å². The zero-order chi connectivity index (χ0) is 19.9. The SMILES string of the molecule is Cc1nnc2n1CC(C(=O)N1CCN(c3nccc(C(F)(F)F)n3)CC1)CC2. The van der Waals surface area contributed by atoms with Gasteiger partial charge in [0.05, 0.1) is 5.92 Å². The average Bonchev–Trinajstić information content (AvgIpc) is 3.07. The predicted molar refractivity (Wildman–Crippen MR) is 92.4 cm³/mol. The molecule has 4 rings (SSSR count). The third-order valence-electron chi connectivity index (χ3n) is 5.29. The molecule has 0 bridgehead atoms. The van der Waals surface area contributed by atoms with Crippen molar-refractivity contribution in [3.63, 3.8) is 0 Å². The smallest absolute Gasteiger partial charge is 0.339 e. The number of alkyl halides is 3. The van der Waals surface area contributed by atoms with Crippen LogP contribution < -0.4 is 4.90 Å². The summed E-state index contributed by atoms with van der Waals surface area (Å²) in [6.07, 6.45) is -1.94. The summed E-state index contributed by atoms with van der Waals surface area (Å²) < 4.78 is 40.5. The topological polar surface area (TPSA) is 80.0 Å². The summed E-state index contributed by atoms with van der Waals surface area (Å²) in [5.74, 6) is 1.71. The van der Waals surface area contributed by atoms with Gasteiger partial charge in [-0.3, -0.25) is 4.79 Å². The van der Waals surface area contributed by atoms with Crippen LogP contribution >= 0.6 is 0 Å². The number of anilines is 1. The molecule has 0 N–H and O–H groups in total. The summed E-state index contributed by atoms with van der Waals surface area (Å²) in [7, 11) is 0. The van der Waals surface area contributed by atoms with E-state index in [9.17, 15) is 18.0 Å². The molecule has 0 radical (unpaired) electrons. The standard InChI is InChI=1S/C17H20F3N7O/c1-11-23-24-14-3-2-12(10-27(11)14)15(28)25-6-8-26(9-7-25)16-21-5-4-13(22-16)17(18,19)20/h4-5,12H,2-3,6-10H2,1H3. The van der Waals surface area contributed by atoms with E-state index in [2.05, 4.69) is 20.2 Å². The molecule has 0 saturated carbocycles. The zero-order valence-electron chi connectivity index (χ0n) is 15.4. The van der Waals surface area contributed by atoms with Gasteiger partial charge in [0.25, 0.3) is 0 Å². The summed E-state index contributed by atoms with van der Waals surface area (Å²) in [5.41, 5.74) is -0.960. The molecule has 4 heterocycles. The summed E-state index contributed by atoms with van der Waals surface area (Å²) >= 11 is 0. The van der Waals surface area contributed by atoms with Crippen LogP contribution in [0.2, 0.25) is 0 Å². The first-order valence-corrected chi connectivity index (χ1v) is 9.15. The quantitative estimate of drug-likeness (QED) is 0.763. The van der Waals surface area contributed by atoms with E-state index in [0.717, 1.165) is 36.8 Å². The van der Waals surface area contributed by atoms with Crippen LogP contribution in [-0.4, -0.2) is 61.7 Å². The second-order valence-electron chi connectivity index (χ2n) is 7.06. The minimum Gasteiger partial charge on any atom is -0.339 e. The lowest BCUT2D eigenvalue weighted by atomic mass is 9.97. The maximum atomic E-state index is 12.9. The molecule has 2 aromatic rings. The van der Waals surface area contributed by atoms with Gasteiger partial charge in [0, 0.05) is 45.3 Å². The fraction of sp³-hybridized carbons (Fsp3) is 0.588. The Bertz CT molecular complexity index is 874. The fourth-order valence-electron chi connectivity index (χ4n) is 3.71. The van der Waals surface area contributed by atoms with Crippen LogP contribution in [0.1, 0.15) is 23.8 Å². The number of amides is 1. The van der Waals surface area contributed by atoms with Crippen LogP contribution in [-0.2, 0) is 23.9 Å². The monoisotopic (exact) mass is 395 g/mol. The van der Waals surface area contributed by atoms with Crippen molar-refractivity contribution in [2.24, 2.45) is 5.92 Å². The lowest BCUT2D eigenvalue weighted by molar-refractivity contribution is -0.141. The highest BCUT2D eigenvalue weighted by molar-refractivity contribution is 5.79. The third-order valence-corrected chi connectivity index (χ3v) is 5.29. The van der Waals surface area contributed by atoms with Crippen LogP contribution in [0.5, 0.6) is 0 Å². The molecule has 8 nitrogen and oxygen atoms in total. The van der Waals surface area contributed by atoms with E-state index in [-0.39, 0.29) is 17.8 Å². The second kappa shape index (κ2) is 7.02. The number of carbonyl (C=O) groups excluding carboxylic acids is 1. The van der Waals surface area contributed by atoms with Crippen molar-refractivity contribution in [3.8, 4) is 0 Å². The average molecular weight is 395 g/mol. The molecular weight excluding hydrogens is 375 g/mol. The summed E-state index contributed by atoms with van der Waals surface area (Å²) in [6.45, 7) is 4.11. The Morgan fingerprint density at radius 3 is 2.64 bits per heavy atom. The van der Waals surface area contributed by atoms with E-state index >= 15 is 0 Å². The maximum absolute atomic E-state index is 12.9. The van der Waals surface area contributed by atoms with Gasteiger partial charge in [0.15, 0.2) is 0 Å². The Hall–Kier alpha value is -2.72. The molecule has 11 heteroatoms. The largest absolute Gasteiger partial charge is 0.433 e. The van der Waals surface area contributed by atoms with Crippen molar-refractivity contribution >= 4 is 11.9 Å². The molecular formula is C17H20F3N7O. The maximum Gasteiger partial charge on any atom is 0.433 e. The van der Waals surface area contributed by atoms with Gasteiger partial charge in [-0.15, -0.1) is 10.2 Å². The van der Waals surface area contributed by atoms with Gasteiger partial charge in [0.1, 0.15) is 17.3 Å². The molecule has 1 amide bonds. The molecule has 2 aromatic heterocycles. The van der Waals surface area contributed by atoms with Crippen LogP contribution in [0, 0.1) is 12.8 Å². The van der Waals surface area contributed by atoms with Crippen LogP contribution in [0.3, 0.4) is 0 Å². The summed E-state index contributed by atoms with van der Waals surface area (Å²) in [4.78, 5) is 23.9. The lowest BCUT2D eigenvalue weighted by Crippen LogP contribution is -2.51. The van der Waals surface area contributed by atoms with Gasteiger partial charge in [-0.25, -0.2) is 9.97 Å². The second-order valence-corrected chi connectivity index (χ2v) is 7.06. The fourth-order valence-corrected chi connectivity index (χ4v) is 3.71. The number of nitrogens with zero attached hydrogens (tertiary/aromatic N) is 7. The third kappa shape index (κ3) is 3.52. The Balaban J connectivity index is 1.38. The Morgan fingerprint density at radius 1 is 1.18 bits per heavy atom. The van der Waals surface area contributed by atoms with Gasteiger partial charge in [-0.1, -0.05) is 0 Å². The first-order chi connectivity index (χ1) is 13.3. The molecule has 1 fully saturated rings. The van der Waals surface area contributed by atoms with Gasteiger partial charge in [-0.2, -0.15) is 13.2 Å². The highest BCUT2D eigenvalue weighted by Crippen LogP contribution is 2.28. The van der Waals surface area contributed by atoms with Crippen LogP contribution in [0.4, 0.5) is 19.1 Å². The van der Waals surface area contributed by atoms with Crippen molar-refractivity contribution in [1.29, 1.82) is 0 Å². The van der Waals surface area contributed by atoms with E-state index in [4.69, 9.17) is 0 Å². The Morgan fingerprint density at radius 2 is 1.93 bits per heavy atom. The minimum absolute atomic E-state index is 0.0457. The normalized spacial score (nSPS) is 20.2. The summed E-state index contributed by atoms with van der Waals surface area (Å²) in [5, 5.41) is 8.18. The van der Waals surface area contributed by atoms with Crippen molar-refractivity contribution < 1.29 is 18.0 Å². The Labute approximate surface area is 159 Å². The highest BCUT2D eigenvalue weighted by Gasteiger charge is 2.35. The number of hydrogen-bond acceptors (Lipinski definition) is 6. The first-order valence-electron chi connectivity index (χ1n) is 9.15. The number of aromatic nitrogens is 5. The molecule has 1 unspecified atom stereocenters. The van der Waals surface area contributed by atoms with E-state index in [1.54, 1.807) is 9.80 Å². The van der Waals surface area contributed by atoms with E-state index in [1.807, 2.05) is 11.5 Å². The van der Waals surface area contributed by atoms with E-state index < -0.39 is 11.9 Å². The molecule has 0 aliphatic carbocycles. The van der Waals surface area contributed by atoms with Gasteiger partial charge < -0.3 is 14.4 Å². The molecule has 1 atom stereocenters. The number of carbonyl (C=O) groups is 1. The molecule has 2 aliphatic rings. The zero-order valence-corrected chi connectivity index (χ0v) is 15.4. The first kappa shape index (κ1) is 18.6. The molecule has 2 aliphatic heterocycles. The van der Waals surface area contributed by atoms with Crippen molar-refractivity contribution in [2.75, 3.05) is 31.1 Å². The van der Waals surface area contributed by atoms with E-state index in [0.29, 0.717) is 32.7 Å². The molecule has 0 aromatic carbocycles. The highest BCUT2D eigenvalue weighted by atomic mass is 19.4. The number of fused-ring (bicyclic) bond motifs is 1.